The molecule has 0 aliphatic carbocycles. The number of fused-ring (bicyclic) bond motifs is 3. The Hall–Kier alpha value is -6.37. The first-order valence-corrected chi connectivity index (χ1v) is 20.2. The maximum absolute atomic E-state index is 15.4. The Morgan fingerprint density at radius 2 is 1.64 bits per heavy atom. The van der Waals surface area contributed by atoms with Crippen LogP contribution in [0.4, 0.5) is 10.5 Å². The van der Waals surface area contributed by atoms with E-state index in [-0.39, 0.29) is 30.2 Å². The molecule has 1 fully saturated rings. The second-order valence-electron chi connectivity index (χ2n) is 15.8. The van der Waals surface area contributed by atoms with Crippen LogP contribution in [0.25, 0.3) is 22.2 Å². The molecule has 3 aliphatic heterocycles. The Morgan fingerprint density at radius 1 is 0.864 bits per heavy atom. The molecule has 3 aliphatic rings. The predicted octanol–water partition coefficient (Wildman–Crippen LogP) is 6.92. The van der Waals surface area contributed by atoms with Crippen LogP contribution >= 0.6 is 0 Å². The van der Waals surface area contributed by atoms with E-state index in [1.807, 2.05) is 66.0 Å². The van der Waals surface area contributed by atoms with Gasteiger partial charge in [-0.3, -0.25) is 14.5 Å². The quantitative estimate of drug-likeness (QED) is 0.180. The number of morpholine rings is 1. The maximum Gasteiger partial charge on any atom is 0.415 e. The number of anilines is 1. The van der Waals surface area contributed by atoms with Crippen LogP contribution in [0.3, 0.4) is 0 Å². The van der Waals surface area contributed by atoms with Gasteiger partial charge in [-0.15, -0.1) is 0 Å². The molecule has 4 aromatic carbocycles. The van der Waals surface area contributed by atoms with Gasteiger partial charge in [0.15, 0.2) is 0 Å². The SMILES string of the molecule is Cc1c(C(=O)N(C)c2ccc(O)cc2)cc(-c2cc3c(cc2C(=O)N2Cc4ccccc4C[C@H]2CN2CCOCC2)CN(C(=O)Oc2cccc4[nH]ccc24)CC3)n1C. The van der Waals surface area contributed by atoms with Crippen LogP contribution in [-0.2, 0) is 37.7 Å². The summed E-state index contributed by atoms with van der Waals surface area (Å²) in [6, 6.07) is 28.2. The van der Waals surface area contributed by atoms with Crippen LogP contribution < -0.4 is 9.64 Å². The Bertz CT molecular complexity index is 2570. The molecule has 1 atom stereocenters. The predicted molar refractivity (Wildman–Crippen MR) is 226 cm³/mol. The van der Waals surface area contributed by atoms with Crippen LogP contribution in [0, 0.1) is 6.92 Å². The number of aromatic nitrogens is 2. The smallest absolute Gasteiger partial charge is 0.415 e. The van der Waals surface area contributed by atoms with Crippen molar-refractivity contribution in [2.24, 2.45) is 7.05 Å². The highest BCUT2D eigenvalue weighted by molar-refractivity contribution is 6.08. The number of benzene rings is 4. The summed E-state index contributed by atoms with van der Waals surface area (Å²) in [4.78, 5) is 54.1. The molecule has 12 nitrogen and oxygen atoms in total. The van der Waals surface area contributed by atoms with Gasteiger partial charge in [0, 0.05) is 105 Å². The first-order chi connectivity index (χ1) is 28.6. The molecule has 6 aromatic rings. The van der Waals surface area contributed by atoms with Crippen LogP contribution in [0.5, 0.6) is 11.5 Å². The summed E-state index contributed by atoms with van der Waals surface area (Å²) < 4.78 is 13.6. The van der Waals surface area contributed by atoms with E-state index in [9.17, 15) is 14.7 Å². The van der Waals surface area contributed by atoms with Crippen LogP contribution in [0.15, 0.2) is 97.2 Å². The van der Waals surface area contributed by atoms with Gasteiger partial charge in [0.1, 0.15) is 11.5 Å². The number of H-pyrrole nitrogens is 1. The number of phenols is 1. The molecular formula is C47H48N6O6. The maximum atomic E-state index is 15.4. The van der Waals surface area contributed by atoms with Crippen molar-refractivity contribution < 1.29 is 29.0 Å². The second kappa shape index (κ2) is 15.8. The topological polar surface area (TPSA) is 124 Å². The molecule has 12 heteroatoms. The van der Waals surface area contributed by atoms with E-state index in [2.05, 4.69) is 34.1 Å². The van der Waals surface area contributed by atoms with Crippen molar-refractivity contribution in [1.29, 1.82) is 0 Å². The van der Waals surface area contributed by atoms with Gasteiger partial charge in [0.05, 0.1) is 18.8 Å². The third-order valence-electron chi connectivity index (χ3n) is 12.4. The molecule has 0 bridgehead atoms. The molecular weight excluding hydrogens is 745 g/mol. The molecule has 0 spiro atoms. The highest BCUT2D eigenvalue weighted by Gasteiger charge is 2.35. The third-order valence-corrected chi connectivity index (χ3v) is 12.4. The lowest BCUT2D eigenvalue weighted by Gasteiger charge is -2.41. The average Bonchev–Trinajstić information content (AvgIpc) is 3.87. The van der Waals surface area contributed by atoms with Crippen LogP contribution in [0.1, 0.15) is 48.7 Å². The molecule has 59 heavy (non-hydrogen) atoms. The van der Waals surface area contributed by atoms with Crippen molar-refractivity contribution in [1.82, 2.24) is 24.3 Å². The number of aromatic amines is 1. The van der Waals surface area contributed by atoms with E-state index in [0.29, 0.717) is 55.3 Å². The van der Waals surface area contributed by atoms with Gasteiger partial charge < -0.3 is 38.8 Å². The number of nitrogens with one attached hydrogen (secondary N) is 1. The summed E-state index contributed by atoms with van der Waals surface area (Å²) >= 11 is 0. The van der Waals surface area contributed by atoms with Gasteiger partial charge in [0.2, 0.25) is 0 Å². The number of rotatable bonds is 7. The number of phenolic OH excluding ortho intramolecular Hbond substituents is 1. The van der Waals surface area contributed by atoms with E-state index in [0.717, 1.165) is 70.6 Å². The fraction of sp³-hybridized carbons (Fsp3) is 0.298. The molecule has 2 aromatic heterocycles. The van der Waals surface area contributed by atoms with Gasteiger partial charge in [-0.2, -0.15) is 0 Å². The zero-order valence-electron chi connectivity index (χ0n) is 33.6. The number of aromatic hydroxyl groups is 1. The minimum absolute atomic E-state index is 0.0757. The molecule has 302 valence electrons. The minimum atomic E-state index is -0.446. The lowest BCUT2D eigenvalue weighted by molar-refractivity contribution is 0.0193. The summed E-state index contributed by atoms with van der Waals surface area (Å²) in [6.45, 7) is 6.80. The van der Waals surface area contributed by atoms with Crippen LogP contribution in [-0.4, -0.2) is 99.7 Å². The van der Waals surface area contributed by atoms with Gasteiger partial charge in [-0.05, 0) is 103 Å². The van der Waals surface area contributed by atoms with Gasteiger partial charge in [-0.1, -0.05) is 30.3 Å². The molecule has 2 N–H and O–H groups in total. The van der Waals surface area contributed by atoms with E-state index in [4.69, 9.17) is 9.47 Å². The van der Waals surface area contributed by atoms with E-state index in [1.54, 1.807) is 47.2 Å². The average molecular weight is 793 g/mol. The first kappa shape index (κ1) is 38.2. The lowest BCUT2D eigenvalue weighted by Crippen LogP contribution is -2.52. The molecule has 5 heterocycles. The fourth-order valence-corrected chi connectivity index (χ4v) is 8.83. The molecule has 0 unspecified atom stereocenters. The third kappa shape index (κ3) is 7.34. The van der Waals surface area contributed by atoms with Gasteiger partial charge in [-0.25, -0.2) is 4.79 Å². The fourth-order valence-electron chi connectivity index (χ4n) is 8.83. The van der Waals surface area contributed by atoms with Gasteiger partial charge in [0.25, 0.3) is 11.8 Å². The van der Waals surface area contributed by atoms with Crippen molar-refractivity contribution in [3.05, 3.63) is 136 Å². The Labute approximate surface area is 343 Å². The number of nitrogens with zero attached hydrogens (tertiary/aromatic N) is 5. The highest BCUT2D eigenvalue weighted by Crippen LogP contribution is 2.36. The van der Waals surface area contributed by atoms with E-state index >= 15 is 4.79 Å². The number of ether oxygens (including phenoxy) is 2. The summed E-state index contributed by atoms with van der Waals surface area (Å²) in [6.07, 6.45) is 2.68. The Balaban J connectivity index is 1.10. The van der Waals surface area contributed by atoms with Crippen molar-refractivity contribution in [2.75, 3.05) is 51.3 Å². The second-order valence-corrected chi connectivity index (χ2v) is 15.8. The Kier molecular flexibility index (Phi) is 10.2. The minimum Gasteiger partial charge on any atom is -0.508 e. The molecule has 0 saturated carbocycles. The van der Waals surface area contributed by atoms with Crippen molar-refractivity contribution in [2.45, 2.75) is 38.9 Å². The molecule has 0 radical (unpaired) electrons. The summed E-state index contributed by atoms with van der Waals surface area (Å²) in [7, 11) is 3.64. The highest BCUT2D eigenvalue weighted by atomic mass is 16.6. The van der Waals surface area contributed by atoms with Crippen molar-refractivity contribution >= 4 is 34.5 Å². The number of hydrogen-bond acceptors (Lipinski definition) is 7. The zero-order chi connectivity index (χ0) is 40.8. The van der Waals surface area contributed by atoms with E-state index < -0.39 is 6.09 Å². The number of carbonyl (C=O) groups excluding carboxylic acids is 3. The largest absolute Gasteiger partial charge is 0.508 e. The monoisotopic (exact) mass is 792 g/mol. The van der Waals surface area contributed by atoms with Crippen LogP contribution in [0.2, 0.25) is 0 Å². The van der Waals surface area contributed by atoms with Crippen molar-refractivity contribution in [3.63, 3.8) is 0 Å². The summed E-state index contributed by atoms with van der Waals surface area (Å²) in [5.74, 6) is 0.310. The first-order valence-electron chi connectivity index (χ1n) is 20.2. The molecule has 3 amide bonds. The summed E-state index contributed by atoms with van der Waals surface area (Å²) in [5.41, 5.74) is 9.12. The molecule has 9 rings (SSSR count). The van der Waals surface area contributed by atoms with Gasteiger partial charge >= 0.3 is 6.09 Å². The number of hydrogen-bond donors (Lipinski definition) is 2. The summed E-state index contributed by atoms with van der Waals surface area (Å²) in [5, 5.41) is 10.7. The number of amides is 3. The number of carbonyl (C=O) groups is 3. The van der Waals surface area contributed by atoms with E-state index in [1.165, 1.54) is 5.56 Å². The molecule has 1 saturated heterocycles. The Morgan fingerprint density at radius 3 is 2.44 bits per heavy atom. The zero-order valence-corrected chi connectivity index (χ0v) is 33.6. The van der Waals surface area contributed by atoms with Crippen molar-refractivity contribution in [3.8, 4) is 22.8 Å². The lowest BCUT2D eigenvalue weighted by atomic mass is 9.89. The standard InChI is InChI=1S/C47H48N6O6/c1-30-39(45(55)50(3)35-11-13-37(54)14-12-35)26-43(49(30)2)40-24-32-16-18-52(47(57)59-44-10-6-9-42-38(44)15-17-48-42)27-34(32)25-41(40)46(56)53-28-33-8-5-4-7-31(33)23-36(53)29-51-19-21-58-22-20-51/h4-15,17,24-26,36,48,54H,16,18-23,27-29H2,1-3H3/t36-/m0/s1. The normalized spacial score (nSPS) is 16.8.